The van der Waals surface area contributed by atoms with E-state index in [0.717, 1.165) is 31.6 Å². The van der Waals surface area contributed by atoms with Gasteiger partial charge in [-0.25, -0.2) is 9.67 Å². The van der Waals surface area contributed by atoms with E-state index >= 15 is 0 Å². The summed E-state index contributed by atoms with van der Waals surface area (Å²) < 4.78 is 7.47. The summed E-state index contributed by atoms with van der Waals surface area (Å²) in [5, 5.41) is 4.20. The van der Waals surface area contributed by atoms with E-state index in [9.17, 15) is 4.79 Å². The van der Waals surface area contributed by atoms with E-state index in [0.29, 0.717) is 18.7 Å². The van der Waals surface area contributed by atoms with E-state index in [1.807, 2.05) is 33.8 Å². The molecule has 2 heterocycles. The molecule has 0 unspecified atom stereocenters. The molecule has 6 heteroatoms. The molecule has 0 N–H and O–H groups in total. The second-order valence-electron chi connectivity index (χ2n) is 5.80. The van der Waals surface area contributed by atoms with E-state index in [-0.39, 0.29) is 11.9 Å². The lowest BCUT2D eigenvalue weighted by Crippen LogP contribution is -2.40. The maximum atomic E-state index is 12.8. The molecule has 23 heavy (non-hydrogen) atoms. The Balaban J connectivity index is 1.69. The van der Waals surface area contributed by atoms with Gasteiger partial charge in [-0.3, -0.25) is 4.79 Å². The van der Waals surface area contributed by atoms with E-state index in [1.165, 1.54) is 6.33 Å². The zero-order valence-electron chi connectivity index (χ0n) is 13.4. The third kappa shape index (κ3) is 3.70. The number of benzene rings is 1. The lowest BCUT2D eigenvalue weighted by atomic mass is 10.0. The average Bonchev–Trinajstić information content (AvgIpc) is 3.14. The Kier molecular flexibility index (Phi) is 4.90. The Labute approximate surface area is 136 Å². The van der Waals surface area contributed by atoms with Crippen LogP contribution in [0.15, 0.2) is 36.9 Å². The summed E-state index contributed by atoms with van der Waals surface area (Å²) in [6.07, 6.45) is 6.20. The molecule has 0 radical (unpaired) electrons. The predicted octanol–water partition coefficient (Wildman–Crippen LogP) is 2.54. The molecule has 6 nitrogen and oxygen atoms in total. The Hall–Kier alpha value is -2.37. The Morgan fingerprint density at radius 2 is 2.35 bits per heavy atom. The normalized spacial score (nSPS) is 18.0. The van der Waals surface area contributed by atoms with Crippen molar-refractivity contribution in [2.24, 2.45) is 0 Å². The number of rotatable bonds is 5. The van der Waals surface area contributed by atoms with Gasteiger partial charge in [-0.15, -0.1) is 0 Å². The first kappa shape index (κ1) is 15.5. The minimum atomic E-state index is 0.0526. The molecule has 1 aromatic heterocycles. The molecule has 122 valence electrons. The summed E-state index contributed by atoms with van der Waals surface area (Å²) in [5.74, 6) is 0.805. The van der Waals surface area contributed by atoms with Crippen LogP contribution in [0.2, 0.25) is 0 Å². The van der Waals surface area contributed by atoms with Crippen LogP contribution in [0.5, 0.6) is 5.75 Å². The number of hydrogen-bond donors (Lipinski definition) is 0. The molecule has 0 bridgehead atoms. The number of likely N-dealkylation sites (tertiary alicyclic amines) is 1. The molecule has 1 saturated heterocycles. The predicted molar refractivity (Wildman–Crippen MR) is 86.4 cm³/mol. The fraction of sp³-hybridized carbons (Fsp3) is 0.471. The van der Waals surface area contributed by atoms with Gasteiger partial charge in [-0.2, -0.15) is 5.10 Å². The van der Waals surface area contributed by atoms with Crippen LogP contribution in [0.3, 0.4) is 0 Å². The second-order valence-corrected chi connectivity index (χ2v) is 5.80. The summed E-state index contributed by atoms with van der Waals surface area (Å²) >= 11 is 0. The number of hydrogen-bond acceptors (Lipinski definition) is 4. The van der Waals surface area contributed by atoms with Gasteiger partial charge in [0.05, 0.1) is 12.6 Å². The maximum absolute atomic E-state index is 12.8. The number of nitrogens with zero attached hydrogens (tertiary/aromatic N) is 4. The highest BCUT2D eigenvalue weighted by Gasteiger charge is 2.26. The van der Waals surface area contributed by atoms with Gasteiger partial charge >= 0.3 is 0 Å². The molecule has 1 atom stereocenters. The quantitative estimate of drug-likeness (QED) is 0.851. The van der Waals surface area contributed by atoms with Crippen molar-refractivity contribution < 1.29 is 9.53 Å². The van der Waals surface area contributed by atoms with Crippen LogP contribution < -0.4 is 4.74 Å². The summed E-state index contributed by atoms with van der Waals surface area (Å²) in [5.41, 5.74) is 0.679. The minimum absolute atomic E-state index is 0.0526. The highest BCUT2D eigenvalue weighted by molar-refractivity contribution is 5.94. The van der Waals surface area contributed by atoms with Crippen LogP contribution in [0, 0.1) is 0 Å². The zero-order chi connectivity index (χ0) is 16.1. The van der Waals surface area contributed by atoms with E-state index < -0.39 is 0 Å². The van der Waals surface area contributed by atoms with Crippen LogP contribution >= 0.6 is 0 Å². The largest absolute Gasteiger partial charge is 0.494 e. The van der Waals surface area contributed by atoms with Crippen molar-refractivity contribution in [1.82, 2.24) is 19.7 Å². The van der Waals surface area contributed by atoms with Crippen LogP contribution in [-0.4, -0.2) is 45.3 Å². The van der Waals surface area contributed by atoms with Gasteiger partial charge in [0.15, 0.2) is 0 Å². The number of aromatic nitrogens is 3. The SMILES string of the molecule is CCCOc1cccc(C(=O)N2CCC[C@H](n3cncn3)C2)c1. The molecule has 1 aliphatic rings. The number of carbonyl (C=O) groups is 1. The standard InChI is InChI=1S/C17H22N4O2/c1-2-9-23-16-7-3-5-14(10-16)17(22)20-8-4-6-15(11-20)21-13-18-12-19-21/h3,5,7,10,12-13,15H,2,4,6,8-9,11H2,1H3/t15-/m0/s1. The molecule has 0 aliphatic carbocycles. The van der Waals surface area contributed by atoms with E-state index in [4.69, 9.17) is 4.74 Å². The fourth-order valence-electron chi connectivity index (χ4n) is 2.88. The molecule has 1 aromatic carbocycles. The lowest BCUT2D eigenvalue weighted by molar-refractivity contribution is 0.0672. The summed E-state index contributed by atoms with van der Waals surface area (Å²) in [7, 11) is 0. The van der Waals surface area contributed by atoms with Gasteiger partial charge in [-0.1, -0.05) is 13.0 Å². The first-order chi connectivity index (χ1) is 11.3. The summed E-state index contributed by atoms with van der Waals surface area (Å²) in [6.45, 7) is 4.18. The highest BCUT2D eigenvalue weighted by atomic mass is 16.5. The van der Waals surface area contributed by atoms with E-state index in [1.54, 1.807) is 6.33 Å². The van der Waals surface area contributed by atoms with Crippen molar-refractivity contribution in [3.05, 3.63) is 42.5 Å². The molecule has 0 saturated carbocycles. The molecule has 1 aliphatic heterocycles. The Bertz CT molecular complexity index is 642. The number of carbonyl (C=O) groups excluding carboxylic acids is 1. The van der Waals surface area contributed by atoms with Gasteiger partial charge < -0.3 is 9.64 Å². The van der Waals surface area contributed by atoms with Gasteiger partial charge in [-0.05, 0) is 37.5 Å². The minimum Gasteiger partial charge on any atom is -0.494 e. The molecular weight excluding hydrogens is 292 g/mol. The molecule has 1 fully saturated rings. The van der Waals surface area contributed by atoms with Gasteiger partial charge in [0.25, 0.3) is 5.91 Å². The van der Waals surface area contributed by atoms with Crippen LogP contribution in [-0.2, 0) is 0 Å². The topological polar surface area (TPSA) is 60.2 Å². The second kappa shape index (κ2) is 7.26. The van der Waals surface area contributed by atoms with Crippen molar-refractivity contribution in [3.63, 3.8) is 0 Å². The third-order valence-corrected chi connectivity index (χ3v) is 4.05. The van der Waals surface area contributed by atoms with Crippen molar-refractivity contribution in [1.29, 1.82) is 0 Å². The third-order valence-electron chi connectivity index (χ3n) is 4.05. The van der Waals surface area contributed by atoms with Gasteiger partial charge in [0, 0.05) is 18.7 Å². The molecule has 3 rings (SSSR count). The molecular formula is C17H22N4O2. The van der Waals surface area contributed by atoms with Crippen LogP contribution in [0.4, 0.5) is 0 Å². The molecule has 1 amide bonds. The van der Waals surface area contributed by atoms with Gasteiger partial charge in [0.2, 0.25) is 0 Å². The first-order valence-corrected chi connectivity index (χ1v) is 8.14. The number of amides is 1. The van der Waals surface area contributed by atoms with Crippen molar-refractivity contribution in [3.8, 4) is 5.75 Å². The highest BCUT2D eigenvalue weighted by Crippen LogP contribution is 2.23. The smallest absolute Gasteiger partial charge is 0.254 e. The Morgan fingerprint density at radius 1 is 1.43 bits per heavy atom. The fourth-order valence-corrected chi connectivity index (χ4v) is 2.88. The summed E-state index contributed by atoms with van der Waals surface area (Å²) in [6, 6.07) is 7.64. The molecule has 0 spiro atoms. The van der Waals surface area contributed by atoms with Gasteiger partial charge in [0.1, 0.15) is 18.4 Å². The number of ether oxygens (including phenoxy) is 1. The number of piperidine rings is 1. The van der Waals surface area contributed by atoms with Crippen molar-refractivity contribution >= 4 is 5.91 Å². The van der Waals surface area contributed by atoms with Crippen molar-refractivity contribution in [2.45, 2.75) is 32.2 Å². The van der Waals surface area contributed by atoms with E-state index in [2.05, 4.69) is 17.0 Å². The van der Waals surface area contributed by atoms with Crippen LogP contribution in [0.1, 0.15) is 42.6 Å². The van der Waals surface area contributed by atoms with Crippen molar-refractivity contribution in [2.75, 3.05) is 19.7 Å². The lowest BCUT2D eigenvalue weighted by Gasteiger charge is -2.32. The maximum Gasteiger partial charge on any atom is 0.254 e. The molecule has 2 aromatic rings. The zero-order valence-corrected chi connectivity index (χ0v) is 13.4. The Morgan fingerprint density at radius 3 is 3.13 bits per heavy atom. The first-order valence-electron chi connectivity index (χ1n) is 8.14. The summed E-state index contributed by atoms with van der Waals surface area (Å²) in [4.78, 5) is 18.7. The monoisotopic (exact) mass is 314 g/mol. The average molecular weight is 314 g/mol. The van der Waals surface area contributed by atoms with Crippen LogP contribution in [0.25, 0.3) is 0 Å².